The van der Waals surface area contributed by atoms with Gasteiger partial charge in [-0.3, -0.25) is 9.59 Å². The topological polar surface area (TPSA) is 63.7 Å². The lowest BCUT2D eigenvalue weighted by atomic mass is 10.1. The Morgan fingerprint density at radius 1 is 1.16 bits per heavy atom. The summed E-state index contributed by atoms with van der Waals surface area (Å²) in [5, 5.41) is 1.80. The first-order valence-electron chi connectivity index (χ1n) is 5.37. The van der Waals surface area contributed by atoms with Gasteiger partial charge in [-0.05, 0) is 17.5 Å². The van der Waals surface area contributed by atoms with Crippen molar-refractivity contribution in [1.29, 1.82) is 0 Å². The molecule has 0 bridgehead atoms. The molecule has 2 aliphatic rings. The van der Waals surface area contributed by atoms with Gasteiger partial charge in [0.05, 0.1) is 11.1 Å². The van der Waals surface area contributed by atoms with Crippen molar-refractivity contribution in [1.82, 2.24) is 5.06 Å². The fourth-order valence-electron chi connectivity index (χ4n) is 1.74. The average Bonchev–Trinajstić information content (AvgIpc) is 3.03. The number of amides is 2. The minimum Gasteiger partial charge on any atom is -0.328 e. The monoisotopic (exact) mass is 293 g/mol. The van der Waals surface area contributed by atoms with Crippen LogP contribution in [-0.4, -0.2) is 28.1 Å². The van der Waals surface area contributed by atoms with Gasteiger partial charge in [-0.15, -0.1) is 0 Å². The maximum absolute atomic E-state index is 12.0. The number of hydrogen-bond donors (Lipinski definition) is 0. The van der Waals surface area contributed by atoms with Crippen LogP contribution in [0.25, 0.3) is 0 Å². The minimum atomic E-state index is -0.624. The summed E-state index contributed by atoms with van der Waals surface area (Å²) >= 11 is 0. The van der Waals surface area contributed by atoms with Gasteiger partial charge in [0.1, 0.15) is 5.25 Å². The number of imide groups is 1. The van der Waals surface area contributed by atoms with Crippen molar-refractivity contribution in [2.75, 3.05) is 0 Å². The Kier molecular flexibility index (Phi) is 3.08. The van der Waals surface area contributed by atoms with Gasteiger partial charge in [-0.2, -0.15) is 0 Å². The molecule has 1 aromatic rings. The van der Waals surface area contributed by atoms with Gasteiger partial charge in [0.2, 0.25) is 0 Å². The molecule has 0 aromatic heterocycles. The molecular weight excluding hydrogens is 286 g/mol. The van der Waals surface area contributed by atoms with Gasteiger partial charge in [0, 0.05) is 0 Å². The molecule has 0 N–H and O–H groups in total. The van der Waals surface area contributed by atoms with Crippen LogP contribution >= 0.6 is 21.6 Å². The summed E-state index contributed by atoms with van der Waals surface area (Å²) in [7, 11) is 2.71. The van der Waals surface area contributed by atoms with E-state index in [1.165, 1.54) is 33.7 Å². The molecule has 1 atom stereocenters. The van der Waals surface area contributed by atoms with Crippen LogP contribution in [-0.2, 0) is 9.63 Å². The minimum absolute atomic E-state index is 0.254. The highest BCUT2D eigenvalue weighted by atomic mass is 33.1. The third-order valence-electron chi connectivity index (χ3n) is 2.64. The van der Waals surface area contributed by atoms with E-state index in [0.29, 0.717) is 5.06 Å². The highest BCUT2D eigenvalue weighted by Crippen LogP contribution is 2.36. The molecule has 3 rings (SSSR count). The van der Waals surface area contributed by atoms with E-state index in [4.69, 9.17) is 4.84 Å². The fraction of sp³-hybridized carbons (Fsp3) is 0.0833. The lowest BCUT2D eigenvalue weighted by Gasteiger charge is -2.14. The van der Waals surface area contributed by atoms with Crippen molar-refractivity contribution in [3.8, 4) is 0 Å². The first-order chi connectivity index (χ1) is 9.18. The third kappa shape index (κ3) is 2.04. The van der Waals surface area contributed by atoms with Crippen molar-refractivity contribution in [2.45, 2.75) is 5.25 Å². The Bertz CT molecular complexity index is 579. The Balaban J connectivity index is 1.80. The molecule has 96 valence electrons. The van der Waals surface area contributed by atoms with E-state index in [9.17, 15) is 14.4 Å². The van der Waals surface area contributed by atoms with Crippen molar-refractivity contribution >= 4 is 39.4 Å². The molecule has 2 aliphatic heterocycles. The third-order valence-corrected chi connectivity index (χ3v) is 4.86. The quantitative estimate of drug-likeness (QED) is 0.614. The molecule has 1 unspecified atom stereocenters. The number of carbonyl (C=O) groups excluding carboxylic acids is 3. The van der Waals surface area contributed by atoms with Crippen molar-refractivity contribution in [2.24, 2.45) is 0 Å². The number of hydrogen-bond acceptors (Lipinski definition) is 6. The summed E-state index contributed by atoms with van der Waals surface area (Å²) in [4.78, 5) is 40.6. The molecule has 0 aliphatic carbocycles. The fourth-order valence-corrected chi connectivity index (χ4v) is 3.68. The Hall–Kier alpha value is -1.73. The maximum atomic E-state index is 12.0. The highest BCUT2D eigenvalue weighted by Gasteiger charge is 2.39. The molecule has 0 radical (unpaired) electrons. The van der Waals surface area contributed by atoms with E-state index in [1.54, 1.807) is 23.6 Å². The van der Waals surface area contributed by atoms with E-state index in [0.717, 1.165) is 0 Å². The maximum Gasteiger partial charge on any atom is 0.350 e. The average molecular weight is 293 g/mol. The molecule has 19 heavy (non-hydrogen) atoms. The van der Waals surface area contributed by atoms with Crippen molar-refractivity contribution in [3.05, 3.63) is 46.9 Å². The molecule has 0 spiro atoms. The normalized spacial score (nSPS) is 20.8. The summed E-state index contributed by atoms with van der Waals surface area (Å²) in [6.45, 7) is 0. The van der Waals surface area contributed by atoms with Crippen LogP contribution in [0.15, 0.2) is 35.7 Å². The molecule has 0 fully saturated rings. The molecule has 7 heteroatoms. The standard InChI is InChI=1S/C12H7NO4S2/c14-10-7-3-1-2-4-8(7)11(15)13(10)17-12(16)9-5-6-18-19-9/h1-6,9H. The number of hydroxylamine groups is 2. The zero-order valence-corrected chi connectivity index (χ0v) is 11.1. The van der Waals surface area contributed by atoms with Crippen LogP contribution in [0, 0.1) is 0 Å². The Morgan fingerprint density at radius 3 is 2.32 bits per heavy atom. The summed E-state index contributed by atoms with van der Waals surface area (Å²) in [6, 6.07) is 6.37. The van der Waals surface area contributed by atoms with Gasteiger partial charge in [0.15, 0.2) is 0 Å². The Morgan fingerprint density at radius 2 is 1.79 bits per heavy atom. The van der Waals surface area contributed by atoms with Crippen LogP contribution in [0.2, 0.25) is 0 Å². The van der Waals surface area contributed by atoms with Gasteiger partial charge >= 0.3 is 5.97 Å². The van der Waals surface area contributed by atoms with Crippen LogP contribution < -0.4 is 0 Å². The lowest BCUT2D eigenvalue weighted by molar-refractivity contribution is -0.166. The van der Waals surface area contributed by atoms with Crippen LogP contribution in [0.3, 0.4) is 0 Å². The molecule has 2 heterocycles. The molecule has 0 saturated heterocycles. The number of carbonyl (C=O) groups is 3. The van der Waals surface area contributed by atoms with E-state index >= 15 is 0 Å². The second-order valence-corrected chi connectivity index (χ2v) is 6.12. The first kappa shape index (κ1) is 12.3. The van der Waals surface area contributed by atoms with Crippen molar-refractivity contribution < 1.29 is 19.2 Å². The van der Waals surface area contributed by atoms with E-state index in [-0.39, 0.29) is 11.1 Å². The second-order valence-electron chi connectivity index (χ2n) is 3.80. The van der Waals surface area contributed by atoms with Gasteiger partial charge in [-0.25, -0.2) is 4.79 Å². The first-order valence-corrected chi connectivity index (χ1v) is 7.64. The van der Waals surface area contributed by atoms with E-state index < -0.39 is 23.0 Å². The van der Waals surface area contributed by atoms with Gasteiger partial charge in [0.25, 0.3) is 11.8 Å². The van der Waals surface area contributed by atoms with Crippen LogP contribution in [0.5, 0.6) is 0 Å². The van der Waals surface area contributed by atoms with Crippen LogP contribution in [0.1, 0.15) is 20.7 Å². The lowest BCUT2D eigenvalue weighted by Crippen LogP contribution is -2.35. The predicted octanol–water partition coefficient (Wildman–Crippen LogP) is 2.02. The molecule has 2 amide bonds. The molecule has 1 aromatic carbocycles. The molecule has 5 nitrogen and oxygen atoms in total. The predicted molar refractivity (Wildman–Crippen MR) is 71.1 cm³/mol. The number of nitrogens with zero attached hydrogens (tertiary/aromatic N) is 1. The molecular formula is C12H7NO4S2. The zero-order chi connectivity index (χ0) is 13.4. The van der Waals surface area contributed by atoms with E-state index in [1.807, 2.05) is 0 Å². The van der Waals surface area contributed by atoms with E-state index in [2.05, 4.69) is 0 Å². The van der Waals surface area contributed by atoms with Gasteiger partial charge < -0.3 is 4.84 Å². The van der Waals surface area contributed by atoms with Gasteiger partial charge in [-0.1, -0.05) is 44.9 Å². The number of rotatable bonds is 2. The Labute approximate surface area is 116 Å². The number of fused-ring (bicyclic) bond motifs is 1. The number of benzene rings is 1. The van der Waals surface area contributed by atoms with Crippen molar-refractivity contribution in [3.63, 3.8) is 0 Å². The highest BCUT2D eigenvalue weighted by molar-refractivity contribution is 8.78. The summed E-state index contributed by atoms with van der Waals surface area (Å²) < 4.78 is 0. The molecule has 0 saturated carbocycles. The second kappa shape index (κ2) is 4.75. The smallest absolute Gasteiger partial charge is 0.328 e. The van der Waals surface area contributed by atoms with Crippen LogP contribution in [0.4, 0.5) is 0 Å². The summed E-state index contributed by atoms with van der Waals surface area (Å²) in [5.74, 6) is -1.83. The zero-order valence-electron chi connectivity index (χ0n) is 9.44. The SMILES string of the molecule is O=C(ON1C(=O)c2ccccc2C1=O)C1C=CSS1. The summed E-state index contributed by atoms with van der Waals surface area (Å²) in [6.07, 6.45) is 1.66. The largest absolute Gasteiger partial charge is 0.350 e. The summed E-state index contributed by atoms with van der Waals surface area (Å²) in [5.41, 5.74) is 0.508.